The van der Waals surface area contributed by atoms with Crippen LogP contribution in [-0.2, 0) is 11.2 Å². The largest absolute Gasteiger partial charge is 0.493 e. The van der Waals surface area contributed by atoms with E-state index in [9.17, 15) is 4.39 Å². The van der Waals surface area contributed by atoms with Gasteiger partial charge in [-0.05, 0) is 23.3 Å². The van der Waals surface area contributed by atoms with Crippen molar-refractivity contribution in [1.82, 2.24) is 9.97 Å². The van der Waals surface area contributed by atoms with Gasteiger partial charge in [-0.15, -0.1) is 0 Å². The van der Waals surface area contributed by atoms with Crippen molar-refractivity contribution >= 4 is 38.6 Å². The number of pyridine rings is 1. The van der Waals surface area contributed by atoms with E-state index in [1.165, 1.54) is 13.2 Å². The van der Waals surface area contributed by atoms with E-state index in [1.54, 1.807) is 12.3 Å². The number of hydrogen-bond acceptors (Lipinski definition) is 4. The van der Waals surface area contributed by atoms with Crippen molar-refractivity contribution in [1.29, 1.82) is 0 Å². The molecule has 27 heavy (non-hydrogen) atoms. The molecule has 144 valence electrons. The van der Waals surface area contributed by atoms with E-state index in [2.05, 4.69) is 25.9 Å². The number of ether oxygens (including phenoxy) is 3. The fraction of sp³-hybridized carbons (Fsp3) is 0.316. The molecule has 0 bridgehead atoms. The van der Waals surface area contributed by atoms with Gasteiger partial charge in [0.2, 0.25) is 0 Å². The molecule has 3 aromatic rings. The van der Waals surface area contributed by atoms with E-state index in [0.717, 1.165) is 16.3 Å². The van der Waals surface area contributed by atoms with E-state index in [-0.39, 0.29) is 5.82 Å². The van der Waals surface area contributed by atoms with E-state index in [4.69, 9.17) is 25.8 Å². The van der Waals surface area contributed by atoms with Crippen molar-refractivity contribution in [2.24, 2.45) is 0 Å². The molecular formula is C19H19BrClFN2O3. The van der Waals surface area contributed by atoms with E-state index in [1.807, 2.05) is 12.3 Å². The van der Waals surface area contributed by atoms with Gasteiger partial charge < -0.3 is 19.2 Å². The third-order valence-electron chi connectivity index (χ3n) is 4.00. The second-order valence-electron chi connectivity index (χ2n) is 5.78. The van der Waals surface area contributed by atoms with Crippen LogP contribution in [0.15, 0.2) is 30.6 Å². The Morgan fingerprint density at radius 2 is 2.00 bits per heavy atom. The molecule has 5 nitrogen and oxygen atoms in total. The van der Waals surface area contributed by atoms with Gasteiger partial charge in [0.25, 0.3) is 0 Å². The number of hydrogen-bond donors (Lipinski definition) is 1. The molecular weight excluding hydrogens is 439 g/mol. The summed E-state index contributed by atoms with van der Waals surface area (Å²) in [5, 5.41) is 2.16. The lowest BCUT2D eigenvalue weighted by molar-refractivity contribution is 0.111. The second kappa shape index (κ2) is 9.39. The summed E-state index contributed by atoms with van der Waals surface area (Å²) in [6.45, 7) is 1.33. The van der Waals surface area contributed by atoms with Crippen LogP contribution in [0.4, 0.5) is 4.39 Å². The molecule has 0 atom stereocenters. The summed E-state index contributed by atoms with van der Waals surface area (Å²) in [5.74, 6) is 0.462. The summed E-state index contributed by atoms with van der Waals surface area (Å²) in [5.41, 5.74) is 2.11. The number of aromatic amines is 1. The molecule has 0 aliphatic carbocycles. The highest BCUT2D eigenvalue weighted by atomic mass is 79.9. The molecule has 0 aliphatic rings. The number of fused-ring (bicyclic) bond motifs is 1. The highest BCUT2D eigenvalue weighted by Crippen LogP contribution is 2.32. The Morgan fingerprint density at radius 1 is 1.15 bits per heavy atom. The minimum atomic E-state index is -0.364. The Morgan fingerprint density at radius 3 is 2.78 bits per heavy atom. The van der Waals surface area contributed by atoms with Crippen molar-refractivity contribution in [2.45, 2.75) is 6.42 Å². The van der Waals surface area contributed by atoms with Gasteiger partial charge in [0.05, 0.1) is 25.3 Å². The number of benzene rings is 1. The Hall–Kier alpha value is -1.83. The molecule has 0 spiro atoms. The number of H-pyrrole nitrogens is 1. The SMILES string of the molecule is COc1cc(Cc2c[nH]c3ncc(Cl)cc23)c(F)cc1OCCOCCBr. The predicted octanol–water partition coefficient (Wildman–Crippen LogP) is 4.75. The standard InChI is InChI=1S/C19H19BrClFN2O3/c1-25-17-7-12(16(22)9-18(17)27-5-4-26-3-2-20)6-13-10-23-19-15(13)8-14(21)11-24-19/h7-11H,2-6H2,1H3,(H,23,24). The van der Waals surface area contributed by atoms with Crippen LogP contribution in [0.5, 0.6) is 11.5 Å². The lowest BCUT2D eigenvalue weighted by Gasteiger charge is -2.13. The molecule has 3 rings (SSSR count). The second-order valence-corrected chi connectivity index (χ2v) is 7.01. The van der Waals surface area contributed by atoms with Crippen LogP contribution in [0.25, 0.3) is 11.0 Å². The van der Waals surface area contributed by atoms with Gasteiger partial charge in [0.15, 0.2) is 11.5 Å². The third kappa shape index (κ3) is 4.91. The number of alkyl halides is 1. The summed E-state index contributed by atoms with van der Waals surface area (Å²) in [7, 11) is 1.53. The maximum absolute atomic E-state index is 14.6. The van der Waals surface area contributed by atoms with Crippen LogP contribution >= 0.6 is 27.5 Å². The number of halogens is 3. The first-order chi connectivity index (χ1) is 13.1. The first-order valence-electron chi connectivity index (χ1n) is 8.36. The topological polar surface area (TPSA) is 56.4 Å². The van der Waals surface area contributed by atoms with Gasteiger partial charge in [0, 0.05) is 35.6 Å². The highest BCUT2D eigenvalue weighted by Gasteiger charge is 2.14. The Labute approximate surface area is 169 Å². The lowest BCUT2D eigenvalue weighted by Crippen LogP contribution is -2.09. The smallest absolute Gasteiger partial charge is 0.164 e. The van der Waals surface area contributed by atoms with E-state index < -0.39 is 0 Å². The summed E-state index contributed by atoms with van der Waals surface area (Å²) in [6, 6.07) is 4.81. The number of methoxy groups -OCH3 is 1. The first kappa shape index (κ1) is 19.9. The van der Waals surface area contributed by atoms with Gasteiger partial charge in [-0.2, -0.15) is 0 Å². The van der Waals surface area contributed by atoms with Crippen LogP contribution in [0, 0.1) is 5.82 Å². The Balaban J connectivity index is 1.78. The number of aromatic nitrogens is 2. The van der Waals surface area contributed by atoms with Crippen molar-refractivity contribution in [3.8, 4) is 11.5 Å². The molecule has 2 heterocycles. The molecule has 0 unspecified atom stereocenters. The lowest BCUT2D eigenvalue weighted by atomic mass is 10.0. The zero-order valence-corrected chi connectivity index (χ0v) is 17.1. The fourth-order valence-electron chi connectivity index (χ4n) is 2.74. The molecule has 0 amide bonds. The Kier molecular flexibility index (Phi) is 6.93. The van der Waals surface area contributed by atoms with Crippen molar-refractivity contribution in [3.63, 3.8) is 0 Å². The molecule has 2 aromatic heterocycles. The zero-order valence-electron chi connectivity index (χ0n) is 14.7. The average molecular weight is 458 g/mol. The summed E-state index contributed by atoms with van der Waals surface area (Å²) >= 11 is 9.31. The van der Waals surface area contributed by atoms with Crippen molar-refractivity contribution in [3.05, 3.63) is 52.6 Å². The molecule has 1 N–H and O–H groups in total. The molecule has 1 aromatic carbocycles. The van der Waals surface area contributed by atoms with E-state index >= 15 is 0 Å². The molecule has 0 fully saturated rings. The number of nitrogens with zero attached hydrogens (tertiary/aromatic N) is 1. The van der Waals surface area contributed by atoms with Crippen LogP contribution in [-0.4, -0.2) is 42.2 Å². The quantitative estimate of drug-likeness (QED) is 0.372. The van der Waals surface area contributed by atoms with Gasteiger partial charge in [-0.3, -0.25) is 0 Å². The average Bonchev–Trinajstić information content (AvgIpc) is 3.05. The number of rotatable bonds is 9. The normalized spacial score (nSPS) is 11.1. The van der Waals surface area contributed by atoms with Gasteiger partial charge >= 0.3 is 0 Å². The third-order valence-corrected chi connectivity index (χ3v) is 4.53. The summed E-state index contributed by atoms with van der Waals surface area (Å²) in [4.78, 5) is 7.30. The summed E-state index contributed by atoms with van der Waals surface area (Å²) in [6.07, 6.45) is 3.76. The van der Waals surface area contributed by atoms with Gasteiger partial charge in [0.1, 0.15) is 18.1 Å². The summed E-state index contributed by atoms with van der Waals surface area (Å²) < 4.78 is 30.9. The van der Waals surface area contributed by atoms with Crippen LogP contribution in [0.1, 0.15) is 11.1 Å². The van der Waals surface area contributed by atoms with Crippen LogP contribution in [0.3, 0.4) is 0 Å². The number of nitrogens with one attached hydrogen (secondary N) is 1. The zero-order chi connectivity index (χ0) is 19.2. The first-order valence-corrected chi connectivity index (χ1v) is 9.86. The van der Waals surface area contributed by atoms with Crippen molar-refractivity contribution < 1.29 is 18.6 Å². The fourth-order valence-corrected chi connectivity index (χ4v) is 3.12. The maximum Gasteiger partial charge on any atom is 0.164 e. The van der Waals surface area contributed by atoms with Gasteiger partial charge in [-0.1, -0.05) is 27.5 Å². The highest BCUT2D eigenvalue weighted by molar-refractivity contribution is 9.09. The molecule has 0 radical (unpaired) electrons. The minimum absolute atomic E-state index is 0.314. The van der Waals surface area contributed by atoms with Gasteiger partial charge in [-0.25, -0.2) is 9.37 Å². The molecule has 0 aliphatic heterocycles. The monoisotopic (exact) mass is 456 g/mol. The predicted molar refractivity (Wildman–Crippen MR) is 107 cm³/mol. The maximum atomic E-state index is 14.6. The molecule has 8 heteroatoms. The van der Waals surface area contributed by atoms with Crippen LogP contribution < -0.4 is 9.47 Å². The minimum Gasteiger partial charge on any atom is -0.493 e. The van der Waals surface area contributed by atoms with E-state index in [0.29, 0.717) is 54.0 Å². The van der Waals surface area contributed by atoms with Crippen molar-refractivity contribution in [2.75, 3.05) is 32.3 Å². The molecule has 0 saturated carbocycles. The molecule has 0 saturated heterocycles. The van der Waals surface area contributed by atoms with Crippen LogP contribution in [0.2, 0.25) is 5.02 Å². The Bertz CT molecular complexity index is 919.